The van der Waals surface area contributed by atoms with E-state index in [9.17, 15) is 9.18 Å². The van der Waals surface area contributed by atoms with Gasteiger partial charge in [0, 0.05) is 18.2 Å². The number of rotatable bonds is 4. The quantitative estimate of drug-likeness (QED) is 0.858. The normalized spacial score (nSPS) is 18.9. The van der Waals surface area contributed by atoms with Crippen LogP contribution in [0.3, 0.4) is 0 Å². The summed E-state index contributed by atoms with van der Waals surface area (Å²) >= 11 is 0. The maximum Gasteiger partial charge on any atom is 0.251 e. The van der Waals surface area contributed by atoms with Gasteiger partial charge in [0.2, 0.25) is 0 Å². The number of benzene rings is 1. The lowest BCUT2D eigenvalue weighted by Gasteiger charge is -2.11. The maximum atomic E-state index is 13.1. The van der Waals surface area contributed by atoms with Crippen LogP contribution in [0.2, 0.25) is 0 Å². The van der Waals surface area contributed by atoms with E-state index < -0.39 is 0 Å². The molecule has 1 aliphatic heterocycles. The second-order valence-electron chi connectivity index (χ2n) is 4.80. The largest absolute Gasteiger partial charge is 0.352 e. The van der Waals surface area contributed by atoms with E-state index in [1.165, 1.54) is 25.0 Å². The molecule has 0 aliphatic carbocycles. The Hall–Kier alpha value is -1.42. The molecule has 2 rings (SSSR count). The van der Waals surface area contributed by atoms with Crippen molar-refractivity contribution in [1.82, 2.24) is 10.6 Å². The molecule has 1 heterocycles. The van der Waals surface area contributed by atoms with Gasteiger partial charge in [-0.1, -0.05) is 6.07 Å². The molecule has 1 aromatic rings. The Bertz CT molecular complexity index is 428. The number of hydrogen-bond acceptors (Lipinski definition) is 2. The minimum Gasteiger partial charge on any atom is -0.352 e. The standard InChI is InChI=1S/C14H19FN2O/c1-10-4-5-11(15)9-13(10)14(18)17-8-6-12-3-2-7-16-12/h4-5,9,12,16H,2-3,6-8H2,1H3,(H,17,18). The summed E-state index contributed by atoms with van der Waals surface area (Å²) < 4.78 is 13.1. The van der Waals surface area contributed by atoms with Crippen LogP contribution >= 0.6 is 0 Å². The average molecular weight is 250 g/mol. The number of nitrogens with one attached hydrogen (secondary N) is 2. The summed E-state index contributed by atoms with van der Waals surface area (Å²) in [6, 6.07) is 4.80. The molecular weight excluding hydrogens is 231 g/mol. The van der Waals surface area contributed by atoms with E-state index in [1.807, 2.05) is 6.92 Å². The molecule has 1 aromatic carbocycles. The Morgan fingerprint density at radius 1 is 1.56 bits per heavy atom. The Balaban J connectivity index is 1.85. The highest BCUT2D eigenvalue weighted by Crippen LogP contribution is 2.11. The van der Waals surface area contributed by atoms with Crippen LogP contribution in [-0.2, 0) is 0 Å². The van der Waals surface area contributed by atoms with Crippen LogP contribution in [0.25, 0.3) is 0 Å². The number of amides is 1. The summed E-state index contributed by atoms with van der Waals surface area (Å²) in [6.07, 6.45) is 3.32. The third-order valence-electron chi connectivity index (χ3n) is 3.38. The molecule has 3 nitrogen and oxygen atoms in total. The first-order valence-corrected chi connectivity index (χ1v) is 6.44. The minimum absolute atomic E-state index is 0.190. The van der Waals surface area contributed by atoms with Crippen molar-refractivity contribution in [3.8, 4) is 0 Å². The maximum absolute atomic E-state index is 13.1. The first-order valence-electron chi connectivity index (χ1n) is 6.44. The highest BCUT2D eigenvalue weighted by atomic mass is 19.1. The lowest BCUT2D eigenvalue weighted by molar-refractivity contribution is 0.0951. The highest BCUT2D eigenvalue weighted by molar-refractivity contribution is 5.95. The first-order chi connectivity index (χ1) is 8.66. The molecule has 0 bridgehead atoms. The van der Waals surface area contributed by atoms with Crippen LogP contribution in [0, 0.1) is 12.7 Å². The van der Waals surface area contributed by atoms with Crippen molar-refractivity contribution < 1.29 is 9.18 Å². The van der Waals surface area contributed by atoms with E-state index in [0.717, 1.165) is 18.5 Å². The predicted octanol–water partition coefficient (Wildman–Crippen LogP) is 2.01. The highest BCUT2D eigenvalue weighted by Gasteiger charge is 2.14. The SMILES string of the molecule is Cc1ccc(F)cc1C(=O)NCCC1CCCN1. The molecule has 1 amide bonds. The molecule has 1 aliphatic rings. The Kier molecular flexibility index (Phi) is 4.31. The van der Waals surface area contributed by atoms with Crippen molar-refractivity contribution in [2.45, 2.75) is 32.2 Å². The molecule has 1 saturated heterocycles. The fourth-order valence-electron chi connectivity index (χ4n) is 2.30. The smallest absolute Gasteiger partial charge is 0.251 e. The van der Waals surface area contributed by atoms with Gasteiger partial charge in [0.05, 0.1) is 0 Å². The van der Waals surface area contributed by atoms with Gasteiger partial charge in [0.15, 0.2) is 0 Å². The number of carbonyl (C=O) groups is 1. The van der Waals surface area contributed by atoms with Gasteiger partial charge in [0.1, 0.15) is 5.82 Å². The molecule has 1 fully saturated rings. The molecule has 0 radical (unpaired) electrons. The first kappa shape index (κ1) is 13.0. The van der Waals surface area contributed by atoms with Crippen molar-refractivity contribution in [3.05, 3.63) is 35.1 Å². The van der Waals surface area contributed by atoms with Gasteiger partial charge in [-0.25, -0.2) is 4.39 Å². The van der Waals surface area contributed by atoms with Crippen LogP contribution in [0.4, 0.5) is 4.39 Å². The Morgan fingerprint density at radius 3 is 3.11 bits per heavy atom. The zero-order valence-corrected chi connectivity index (χ0v) is 10.6. The third-order valence-corrected chi connectivity index (χ3v) is 3.38. The Morgan fingerprint density at radius 2 is 2.39 bits per heavy atom. The van der Waals surface area contributed by atoms with Gasteiger partial charge in [0.25, 0.3) is 5.91 Å². The zero-order chi connectivity index (χ0) is 13.0. The fraction of sp³-hybridized carbons (Fsp3) is 0.500. The van der Waals surface area contributed by atoms with Gasteiger partial charge in [-0.3, -0.25) is 4.79 Å². The molecule has 0 spiro atoms. The molecule has 4 heteroatoms. The van der Waals surface area contributed by atoms with Crippen LogP contribution in [0.1, 0.15) is 35.2 Å². The number of aryl methyl sites for hydroxylation is 1. The Labute approximate surface area is 107 Å². The van der Waals surface area contributed by atoms with Crippen LogP contribution in [-0.4, -0.2) is 25.0 Å². The van der Waals surface area contributed by atoms with Crippen molar-refractivity contribution in [3.63, 3.8) is 0 Å². The molecule has 0 saturated carbocycles. The van der Waals surface area contributed by atoms with Crippen molar-refractivity contribution in [2.24, 2.45) is 0 Å². The van der Waals surface area contributed by atoms with E-state index >= 15 is 0 Å². The molecule has 18 heavy (non-hydrogen) atoms. The number of carbonyl (C=O) groups excluding carboxylic acids is 1. The number of hydrogen-bond donors (Lipinski definition) is 2. The lowest BCUT2D eigenvalue weighted by atomic mass is 10.1. The van der Waals surface area contributed by atoms with E-state index in [2.05, 4.69) is 10.6 Å². The summed E-state index contributed by atoms with van der Waals surface area (Å²) in [5.41, 5.74) is 1.22. The van der Waals surface area contributed by atoms with E-state index in [0.29, 0.717) is 18.2 Å². The fourth-order valence-corrected chi connectivity index (χ4v) is 2.30. The number of halogens is 1. The second kappa shape index (κ2) is 5.96. The predicted molar refractivity (Wildman–Crippen MR) is 69.1 cm³/mol. The van der Waals surface area contributed by atoms with E-state index in [-0.39, 0.29) is 11.7 Å². The van der Waals surface area contributed by atoms with Gasteiger partial charge in [-0.2, -0.15) is 0 Å². The summed E-state index contributed by atoms with van der Waals surface area (Å²) in [4.78, 5) is 11.9. The van der Waals surface area contributed by atoms with E-state index in [1.54, 1.807) is 6.07 Å². The average Bonchev–Trinajstić information content (AvgIpc) is 2.85. The monoisotopic (exact) mass is 250 g/mol. The van der Waals surface area contributed by atoms with Crippen LogP contribution in [0.5, 0.6) is 0 Å². The summed E-state index contributed by atoms with van der Waals surface area (Å²) in [5.74, 6) is -0.562. The van der Waals surface area contributed by atoms with Gasteiger partial charge >= 0.3 is 0 Å². The second-order valence-corrected chi connectivity index (χ2v) is 4.80. The summed E-state index contributed by atoms with van der Waals surface area (Å²) in [5, 5.41) is 6.23. The summed E-state index contributed by atoms with van der Waals surface area (Å²) in [6.45, 7) is 3.51. The topological polar surface area (TPSA) is 41.1 Å². The van der Waals surface area contributed by atoms with Crippen molar-refractivity contribution >= 4 is 5.91 Å². The van der Waals surface area contributed by atoms with Gasteiger partial charge in [-0.15, -0.1) is 0 Å². The van der Waals surface area contributed by atoms with Gasteiger partial charge < -0.3 is 10.6 Å². The third kappa shape index (κ3) is 3.29. The lowest BCUT2D eigenvalue weighted by Crippen LogP contribution is -2.31. The zero-order valence-electron chi connectivity index (χ0n) is 10.6. The van der Waals surface area contributed by atoms with Crippen LogP contribution < -0.4 is 10.6 Å². The molecule has 2 N–H and O–H groups in total. The molecule has 98 valence electrons. The van der Waals surface area contributed by atoms with E-state index in [4.69, 9.17) is 0 Å². The van der Waals surface area contributed by atoms with Crippen LogP contribution in [0.15, 0.2) is 18.2 Å². The van der Waals surface area contributed by atoms with Crippen molar-refractivity contribution in [1.29, 1.82) is 0 Å². The van der Waals surface area contributed by atoms with Crippen molar-refractivity contribution in [2.75, 3.05) is 13.1 Å². The molecule has 0 aromatic heterocycles. The van der Waals surface area contributed by atoms with Gasteiger partial charge in [-0.05, 0) is 50.4 Å². The molecular formula is C14H19FN2O. The molecule has 1 atom stereocenters. The minimum atomic E-state index is -0.372. The molecule has 1 unspecified atom stereocenters. The summed E-state index contributed by atoms with van der Waals surface area (Å²) in [7, 11) is 0.